The average Bonchev–Trinajstić information content (AvgIpc) is 2.55. The highest BCUT2D eigenvalue weighted by molar-refractivity contribution is 6.30. The lowest BCUT2D eigenvalue weighted by Crippen LogP contribution is -2.32. The zero-order valence-electron chi connectivity index (χ0n) is 13.6. The third kappa shape index (κ3) is 3.95. The van der Waals surface area contributed by atoms with E-state index in [1.54, 1.807) is 24.3 Å². The van der Waals surface area contributed by atoms with Crippen molar-refractivity contribution in [2.75, 3.05) is 0 Å². The van der Waals surface area contributed by atoms with E-state index in [0.29, 0.717) is 10.6 Å². The van der Waals surface area contributed by atoms with Crippen LogP contribution in [0.15, 0.2) is 47.6 Å². The predicted molar refractivity (Wildman–Crippen MR) is 93.9 cm³/mol. The molecule has 124 valence electrons. The Balaban J connectivity index is 1.65. The van der Waals surface area contributed by atoms with Crippen LogP contribution in [0, 0.1) is 0 Å². The van der Waals surface area contributed by atoms with Crippen molar-refractivity contribution >= 4 is 23.8 Å². The molecule has 0 bridgehead atoms. The van der Waals surface area contributed by atoms with Gasteiger partial charge in [-0.3, -0.25) is 0 Å². The van der Waals surface area contributed by atoms with Crippen molar-refractivity contribution in [2.24, 2.45) is 5.16 Å². The molecule has 5 heteroatoms. The van der Waals surface area contributed by atoms with Crippen LogP contribution in [0.5, 0.6) is 5.75 Å². The third-order valence-electron chi connectivity index (χ3n) is 3.88. The molecule has 0 aliphatic carbocycles. The van der Waals surface area contributed by atoms with Gasteiger partial charge in [-0.15, -0.1) is 0 Å². The number of carbonyl (C=O) groups excluding carboxylic acids is 1. The summed E-state index contributed by atoms with van der Waals surface area (Å²) in [6.45, 7) is 4.17. The molecule has 1 aliphatic rings. The van der Waals surface area contributed by atoms with E-state index in [-0.39, 0.29) is 5.60 Å². The van der Waals surface area contributed by atoms with E-state index < -0.39 is 5.97 Å². The molecule has 0 amide bonds. The number of oxime groups is 1. The van der Waals surface area contributed by atoms with Gasteiger partial charge in [0.15, 0.2) is 0 Å². The predicted octanol–water partition coefficient (Wildman–Crippen LogP) is 4.63. The third-order valence-corrected chi connectivity index (χ3v) is 4.14. The SMILES string of the molecule is CC1(C)CCc2cc(/C=N\OC(=O)c3ccc(Cl)cc3)ccc2O1. The van der Waals surface area contributed by atoms with Gasteiger partial charge in [-0.25, -0.2) is 4.79 Å². The molecule has 0 aromatic heterocycles. The molecule has 0 fully saturated rings. The fourth-order valence-electron chi connectivity index (χ4n) is 2.53. The molecule has 0 unspecified atom stereocenters. The van der Waals surface area contributed by atoms with E-state index in [2.05, 4.69) is 19.0 Å². The molecule has 4 nitrogen and oxygen atoms in total. The Bertz CT molecular complexity index is 782. The molecule has 1 aliphatic heterocycles. The first-order valence-corrected chi connectivity index (χ1v) is 8.13. The van der Waals surface area contributed by atoms with E-state index in [1.165, 1.54) is 6.21 Å². The van der Waals surface area contributed by atoms with Crippen LogP contribution < -0.4 is 4.74 Å². The van der Waals surface area contributed by atoms with Crippen molar-refractivity contribution in [3.05, 3.63) is 64.2 Å². The van der Waals surface area contributed by atoms with Crippen LogP contribution in [-0.2, 0) is 11.3 Å². The van der Waals surface area contributed by atoms with Crippen molar-refractivity contribution < 1.29 is 14.4 Å². The average molecular weight is 344 g/mol. The van der Waals surface area contributed by atoms with Crippen molar-refractivity contribution in [3.63, 3.8) is 0 Å². The number of carbonyl (C=O) groups is 1. The normalized spacial score (nSPS) is 15.6. The highest BCUT2D eigenvalue weighted by atomic mass is 35.5. The maximum absolute atomic E-state index is 11.9. The van der Waals surface area contributed by atoms with Gasteiger partial charge in [0.05, 0.1) is 11.8 Å². The van der Waals surface area contributed by atoms with E-state index >= 15 is 0 Å². The first-order chi connectivity index (χ1) is 11.4. The number of aryl methyl sites for hydroxylation is 1. The number of nitrogens with zero attached hydrogens (tertiary/aromatic N) is 1. The second-order valence-electron chi connectivity index (χ2n) is 6.35. The highest BCUT2D eigenvalue weighted by Gasteiger charge is 2.26. The summed E-state index contributed by atoms with van der Waals surface area (Å²) in [5.74, 6) is 0.382. The molecule has 0 saturated carbocycles. The largest absolute Gasteiger partial charge is 0.488 e. The summed E-state index contributed by atoms with van der Waals surface area (Å²) in [5.41, 5.74) is 2.28. The summed E-state index contributed by atoms with van der Waals surface area (Å²) < 4.78 is 5.94. The van der Waals surface area contributed by atoms with Crippen LogP contribution in [0.4, 0.5) is 0 Å². The van der Waals surface area contributed by atoms with E-state index in [4.69, 9.17) is 21.2 Å². The minimum Gasteiger partial charge on any atom is -0.488 e. The van der Waals surface area contributed by atoms with E-state index in [9.17, 15) is 4.79 Å². The zero-order valence-corrected chi connectivity index (χ0v) is 14.3. The van der Waals surface area contributed by atoms with Crippen molar-refractivity contribution in [2.45, 2.75) is 32.3 Å². The van der Waals surface area contributed by atoms with Gasteiger partial charge < -0.3 is 9.57 Å². The molecule has 0 radical (unpaired) electrons. The van der Waals surface area contributed by atoms with Crippen molar-refractivity contribution in [3.8, 4) is 5.75 Å². The van der Waals surface area contributed by atoms with E-state index in [0.717, 1.165) is 29.7 Å². The highest BCUT2D eigenvalue weighted by Crippen LogP contribution is 2.33. The quantitative estimate of drug-likeness (QED) is 0.463. The molecular weight excluding hydrogens is 326 g/mol. The molecule has 3 rings (SSSR count). The zero-order chi connectivity index (χ0) is 17.2. The van der Waals surface area contributed by atoms with Gasteiger partial charge in [0.2, 0.25) is 0 Å². The second-order valence-corrected chi connectivity index (χ2v) is 6.79. The molecule has 2 aromatic rings. The number of hydrogen-bond donors (Lipinski definition) is 0. The van der Waals surface area contributed by atoms with Crippen LogP contribution in [-0.4, -0.2) is 17.8 Å². The molecule has 24 heavy (non-hydrogen) atoms. The maximum atomic E-state index is 11.9. The number of halogens is 1. The molecular formula is C19H18ClNO3. The van der Waals surface area contributed by atoms with Gasteiger partial charge in [-0.05, 0) is 80.3 Å². The van der Waals surface area contributed by atoms with Crippen LogP contribution in [0.3, 0.4) is 0 Å². The lowest BCUT2D eigenvalue weighted by Gasteiger charge is -2.32. The maximum Gasteiger partial charge on any atom is 0.365 e. The minimum absolute atomic E-state index is 0.128. The number of rotatable bonds is 3. The van der Waals surface area contributed by atoms with Crippen LogP contribution >= 0.6 is 11.6 Å². The Morgan fingerprint density at radius 3 is 2.75 bits per heavy atom. The molecule has 0 atom stereocenters. The fourth-order valence-corrected chi connectivity index (χ4v) is 2.66. The Morgan fingerprint density at radius 2 is 2.00 bits per heavy atom. The Morgan fingerprint density at radius 1 is 1.25 bits per heavy atom. The molecule has 1 heterocycles. The summed E-state index contributed by atoms with van der Waals surface area (Å²) in [5, 5.41) is 4.33. The molecule has 0 saturated heterocycles. The lowest BCUT2D eigenvalue weighted by atomic mass is 9.93. The Hall–Kier alpha value is -2.33. The van der Waals surface area contributed by atoms with Crippen molar-refractivity contribution in [1.29, 1.82) is 0 Å². The summed E-state index contributed by atoms with van der Waals surface area (Å²) in [7, 11) is 0. The van der Waals surface area contributed by atoms with Crippen LogP contribution in [0.25, 0.3) is 0 Å². The molecule has 0 N–H and O–H groups in total. The molecule has 2 aromatic carbocycles. The van der Waals surface area contributed by atoms with Gasteiger partial charge in [0.25, 0.3) is 0 Å². The van der Waals surface area contributed by atoms with Crippen LogP contribution in [0.2, 0.25) is 5.02 Å². The number of fused-ring (bicyclic) bond motifs is 1. The Kier molecular flexibility index (Phi) is 4.58. The summed E-state index contributed by atoms with van der Waals surface area (Å²) in [6, 6.07) is 12.3. The first-order valence-electron chi connectivity index (χ1n) is 7.75. The van der Waals surface area contributed by atoms with Gasteiger partial charge >= 0.3 is 5.97 Å². The number of benzene rings is 2. The summed E-state index contributed by atoms with van der Waals surface area (Å²) in [4.78, 5) is 16.8. The van der Waals surface area contributed by atoms with Crippen LogP contribution in [0.1, 0.15) is 41.8 Å². The first kappa shape index (κ1) is 16.5. The fraction of sp³-hybridized carbons (Fsp3) is 0.263. The van der Waals surface area contributed by atoms with Crippen molar-refractivity contribution in [1.82, 2.24) is 0 Å². The summed E-state index contributed by atoms with van der Waals surface area (Å²) in [6.07, 6.45) is 3.44. The number of ether oxygens (including phenoxy) is 1. The number of hydrogen-bond acceptors (Lipinski definition) is 4. The lowest BCUT2D eigenvalue weighted by molar-refractivity contribution is 0.0519. The van der Waals surface area contributed by atoms with Gasteiger partial charge in [-0.2, -0.15) is 0 Å². The topological polar surface area (TPSA) is 47.9 Å². The Labute approximate surface area is 146 Å². The second kappa shape index (κ2) is 6.65. The van der Waals surface area contributed by atoms with Gasteiger partial charge in [0, 0.05) is 5.02 Å². The smallest absolute Gasteiger partial charge is 0.365 e. The monoisotopic (exact) mass is 343 g/mol. The van der Waals surface area contributed by atoms with Gasteiger partial charge in [0.1, 0.15) is 11.4 Å². The minimum atomic E-state index is -0.522. The standard InChI is InChI=1S/C19H18ClNO3/c1-19(2)10-9-15-11-13(3-8-17(15)23-19)12-21-24-18(22)14-4-6-16(20)7-5-14/h3-8,11-12H,9-10H2,1-2H3/b21-12-. The van der Waals surface area contributed by atoms with Gasteiger partial charge in [-0.1, -0.05) is 16.8 Å². The summed E-state index contributed by atoms with van der Waals surface area (Å²) >= 11 is 5.78. The van der Waals surface area contributed by atoms with E-state index in [1.807, 2.05) is 18.2 Å². The molecule has 0 spiro atoms.